The maximum absolute atomic E-state index is 11.3. The number of aliphatic hydroxyl groups excluding tert-OH is 2. The lowest BCUT2D eigenvalue weighted by Gasteiger charge is -2.35. The smallest absolute Gasteiger partial charge is 0.407 e. The highest BCUT2D eigenvalue weighted by Crippen LogP contribution is 2.28. The van der Waals surface area contributed by atoms with Crippen molar-refractivity contribution in [3.05, 3.63) is 12.7 Å². The van der Waals surface area contributed by atoms with Crippen LogP contribution in [0.5, 0.6) is 0 Å². The largest absolute Gasteiger partial charge is 0.445 e. The number of ether oxygens (including phenoxy) is 3. The van der Waals surface area contributed by atoms with Gasteiger partial charge in [0.15, 0.2) is 6.29 Å². The average molecular weight is 245 g/mol. The fourth-order valence-electron chi connectivity index (χ4n) is 1.87. The summed E-state index contributed by atoms with van der Waals surface area (Å²) in [4.78, 5) is 11.3. The molecule has 0 aromatic carbocycles. The molecular weight excluding hydrogens is 230 g/mol. The minimum absolute atomic E-state index is 0.0617. The third-order valence-corrected chi connectivity index (χ3v) is 2.74. The van der Waals surface area contributed by atoms with E-state index in [0.717, 1.165) is 0 Å². The molecule has 2 fully saturated rings. The molecule has 0 aliphatic carbocycles. The molecule has 96 valence electrons. The van der Waals surface area contributed by atoms with Crippen molar-refractivity contribution in [1.82, 2.24) is 5.32 Å². The summed E-state index contributed by atoms with van der Waals surface area (Å²) >= 11 is 0. The molecule has 2 saturated heterocycles. The summed E-state index contributed by atoms with van der Waals surface area (Å²) in [6, 6.07) is -0.846. The van der Waals surface area contributed by atoms with Gasteiger partial charge in [0, 0.05) is 0 Å². The van der Waals surface area contributed by atoms with E-state index in [0.29, 0.717) is 0 Å². The Hall–Kier alpha value is -1.15. The molecule has 17 heavy (non-hydrogen) atoms. The first-order chi connectivity index (χ1) is 8.13. The van der Waals surface area contributed by atoms with Crippen LogP contribution in [0.3, 0.4) is 0 Å². The van der Waals surface area contributed by atoms with Gasteiger partial charge in [0.05, 0.1) is 6.61 Å². The van der Waals surface area contributed by atoms with Gasteiger partial charge in [0.25, 0.3) is 0 Å². The van der Waals surface area contributed by atoms with E-state index in [4.69, 9.17) is 14.2 Å². The van der Waals surface area contributed by atoms with Crippen molar-refractivity contribution < 1.29 is 29.2 Å². The first-order valence-electron chi connectivity index (χ1n) is 5.31. The highest BCUT2D eigenvalue weighted by Gasteiger charge is 2.50. The quantitative estimate of drug-likeness (QED) is 0.537. The number of hydrogen-bond acceptors (Lipinski definition) is 6. The van der Waals surface area contributed by atoms with Crippen LogP contribution in [0.2, 0.25) is 0 Å². The van der Waals surface area contributed by atoms with E-state index >= 15 is 0 Å². The van der Waals surface area contributed by atoms with E-state index in [1.807, 2.05) is 0 Å². The highest BCUT2D eigenvalue weighted by molar-refractivity contribution is 5.67. The molecule has 2 rings (SSSR count). The maximum atomic E-state index is 11.3. The predicted molar refractivity (Wildman–Crippen MR) is 55.1 cm³/mol. The Labute approximate surface area is 98.0 Å². The van der Waals surface area contributed by atoms with Crippen LogP contribution < -0.4 is 5.32 Å². The molecule has 0 saturated carbocycles. The molecule has 0 aromatic heterocycles. The number of aliphatic hydroxyl groups is 2. The Balaban J connectivity index is 1.94. The Kier molecular flexibility index (Phi) is 3.63. The topological polar surface area (TPSA) is 97.3 Å². The van der Waals surface area contributed by atoms with E-state index in [9.17, 15) is 15.0 Å². The van der Waals surface area contributed by atoms with Crippen LogP contribution in [0.15, 0.2) is 12.7 Å². The van der Waals surface area contributed by atoms with Crippen LogP contribution in [-0.4, -0.2) is 60.2 Å². The third-order valence-electron chi connectivity index (χ3n) is 2.74. The van der Waals surface area contributed by atoms with Gasteiger partial charge in [-0.25, -0.2) is 4.79 Å². The molecule has 1 unspecified atom stereocenters. The molecular formula is C10H15NO6. The van der Waals surface area contributed by atoms with Gasteiger partial charge in [-0.3, -0.25) is 0 Å². The minimum Gasteiger partial charge on any atom is -0.445 e. The minimum atomic E-state index is -1.14. The fraction of sp³-hybridized carbons (Fsp3) is 0.700. The van der Waals surface area contributed by atoms with E-state index < -0.39 is 36.7 Å². The number of fused-ring (bicyclic) bond motifs is 2. The number of carbonyl (C=O) groups is 1. The number of nitrogens with one attached hydrogen (secondary N) is 1. The van der Waals surface area contributed by atoms with E-state index in [-0.39, 0.29) is 13.2 Å². The summed E-state index contributed by atoms with van der Waals surface area (Å²) in [5.74, 6) is 0. The molecule has 3 N–H and O–H groups in total. The second-order valence-electron chi connectivity index (χ2n) is 3.91. The van der Waals surface area contributed by atoms with Gasteiger partial charge >= 0.3 is 6.09 Å². The molecule has 2 heterocycles. The Morgan fingerprint density at radius 1 is 1.53 bits per heavy atom. The van der Waals surface area contributed by atoms with Crippen LogP contribution in [0.25, 0.3) is 0 Å². The summed E-state index contributed by atoms with van der Waals surface area (Å²) in [6.45, 7) is 3.66. The molecule has 0 radical (unpaired) electrons. The van der Waals surface area contributed by atoms with E-state index in [2.05, 4.69) is 11.9 Å². The Morgan fingerprint density at radius 3 is 3.00 bits per heavy atom. The molecule has 2 aliphatic heterocycles. The highest BCUT2D eigenvalue weighted by atomic mass is 16.7. The van der Waals surface area contributed by atoms with Gasteiger partial charge in [0.2, 0.25) is 0 Å². The van der Waals surface area contributed by atoms with Gasteiger partial charge < -0.3 is 29.7 Å². The van der Waals surface area contributed by atoms with E-state index in [1.165, 1.54) is 6.08 Å². The number of alkyl carbamates (subject to hydrolysis) is 1. The number of hydrogen-bond donors (Lipinski definition) is 3. The summed E-state index contributed by atoms with van der Waals surface area (Å²) < 4.78 is 15.2. The van der Waals surface area contributed by atoms with Gasteiger partial charge in [-0.05, 0) is 0 Å². The van der Waals surface area contributed by atoms with Crippen molar-refractivity contribution >= 4 is 6.09 Å². The normalized spacial score (nSPS) is 39.8. The molecule has 0 aromatic rings. The Bertz CT molecular complexity index is 309. The van der Waals surface area contributed by atoms with Crippen LogP contribution >= 0.6 is 0 Å². The predicted octanol–water partition coefficient (Wildman–Crippen LogP) is -1.26. The van der Waals surface area contributed by atoms with Gasteiger partial charge in [-0.1, -0.05) is 12.7 Å². The molecule has 7 nitrogen and oxygen atoms in total. The zero-order chi connectivity index (χ0) is 12.4. The summed E-state index contributed by atoms with van der Waals surface area (Å²) in [6.07, 6.45) is -2.83. The fourth-order valence-corrected chi connectivity index (χ4v) is 1.87. The molecule has 7 heteroatoms. The zero-order valence-electron chi connectivity index (χ0n) is 9.11. The number of rotatable bonds is 3. The molecule has 2 bridgehead atoms. The molecule has 5 atom stereocenters. The lowest BCUT2D eigenvalue weighted by molar-refractivity contribution is -0.183. The first kappa shape index (κ1) is 12.3. The van der Waals surface area contributed by atoms with Crippen LogP contribution in [0.1, 0.15) is 0 Å². The number of amides is 1. The average Bonchev–Trinajstić information content (AvgIpc) is 2.76. The maximum Gasteiger partial charge on any atom is 0.407 e. The first-order valence-corrected chi connectivity index (χ1v) is 5.31. The van der Waals surface area contributed by atoms with Crippen molar-refractivity contribution in [2.75, 3.05) is 13.2 Å². The second-order valence-corrected chi connectivity index (χ2v) is 3.91. The standard InChI is InChI=1S/C10H15NO6/c1-2-3-15-10(14)11-6-8(13)7(12)5-4-16-9(6)17-5/h2,5-9,12-13H,1,3-4H2,(H,11,14)/t5-,6-,7-,8-,9?/m1/s1. The molecule has 0 spiro atoms. The molecule has 2 aliphatic rings. The summed E-state index contributed by atoms with van der Waals surface area (Å²) in [5, 5.41) is 21.8. The Morgan fingerprint density at radius 2 is 2.29 bits per heavy atom. The SMILES string of the molecule is C=CCOC(=O)N[C@H]1C2OC[C@@H](O2)[C@@H](O)[C@@H]1O. The number of carbonyl (C=O) groups excluding carboxylic acids is 1. The van der Waals surface area contributed by atoms with Crippen molar-refractivity contribution in [3.8, 4) is 0 Å². The summed E-state index contributed by atoms with van der Waals surface area (Å²) in [7, 11) is 0. The van der Waals surface area contributed by atoms with Crippen molar-refractivity contribution in [3.63, 3.8) is 0 Å². The lowest BCUT2D eigenvalue weighted by Crippen LogP contribution is -2.60. The van der Waals surface area contributed by atoms with Crippen LogP contribution in [0.4, 0.5) is 4.79 Å². The van der Waals surface area contributed by atoms with Gasteiger partial charge in [-0.15, -0.1) is 0 Å². The van der Waals surface area contributed by atoms with Crippen molar-refractivity contribution in [1.29, 1.82) is 0 Å². The monoisotopic (exact) mass is 245 g/mol. The second kappa shape index (κ2) is 5.01. The summed E-state index contributed by atoms with van der Waals surface area (Å²) in [5.41, 5.74) is 0. The van der Waals surface area contributed by atoms with Crippen molar-refractivity contribution in [2.45, 2.75) is 30.6 Å². The van der Waals surface area contributed by atoms with Crippen LogP contribution in [0, 0.1) is 0 Å². The third kappa shape index (κ3) is 2.42. The molecule has 1 amide bonds. The van der Waals surface area contributed by atoms with Gasteiger partial charge in [0.1, 0.15) is 31.0 Å². The van der Waals surface area contributed by atoms with Crippen LogP contribution in [-0.2, 0) is 14.2 Å². The van der Waals surface area contributed by atoms with Crippen molar-refractivity contribution in [2.24, 2.45) is 0 Å². The van der Waals surface area contributed by atoms with E-state index in [1.54, 1.807) is 0 Å². The van der Waals surface area contributed by atoms with Gasteiger partial charge in [-0.2, -0.15) is 0 Å². The lowest BCUT2D eigenvalue weighted by atomic mass is 9.99. The zero-order valence-corrected chi connectivity index (χ0v) is 9.11.